The van der Waals surface area contributed by atoms with E-state index in [-0.39, 0.29) is 17.9 Å². The zero-order valence-electron chi connectivity index (χ0n) is 12.4. The van der Waals surface area contributed by atoms with Gasteiger partial charge in [0.1, 0.15) is 0 Å². The van der Waals surface area contributed by atoms with Crippen molar-refractivity contribution < 1.29 is 4.79 Å². The second-order valence-corrected chi connectivity index (χ2v) is 6.77. The average Bonchev–Trinajstić information content (AvgIpc) is 2.39. The molecule has 0 radical (unpaired) electrons. The Kier molecular flexibility index (Phi) is 5.68. The summed E-state index contributed by atoms with van der Waals surface area (Å²) in [6.07, 6.45) is 10.9. The van der Waals surface area contributed by atoms with Gasteiger partial charge in [0.05, 0.1) is 5.92 Å². The molecule has 2 aliphatic carbocycles. The summed E-state index contributed by atoms with van der Waals surface area (Å²) in [6.45, 7) is 3.20. The van der Waals surface area contributed by atoms with Gasteiger partial charge in [-0.1, -0.05) is 39.0 Å². The van der Waals surface area contributed by atoms with Crippen LogP contribution in [0.25, 0.3) is 0 Å². The van der Waals surface area contributed by atoms with Gasteiger partial charge in [-0.15, -0.1) is 0 Å². The molecule has 3 heteroatoms. The van der Waals surface area contributed by atoms with Crippen molar-refractivity contribution in [2.45, 2.75) is 70.8 Å². The topological polar surface area (TPSA) is 55.1 Å². The molecule has 0 aliphatic heterocycles. The van der Waals surface area contributed by atoms with Crippen molar-refractivity contribution in [3.8, 4) is 0 Å². The molecule has 0 saturated heterocycles. The van der Waals surface area contributed by atoms with Crippen LogP contribution < -0.4 is 11.1 Å². The largest absolute Gasteiger partial charge is 0.356 e. The van der Waals surface area contributed by atoms with E-state index in [9.17, 15) is 4.79 Å². The SMILES string of the molecule is CC1CCCC(CCNC(=O)C2CCCCC2N)C1. The molecular weight excluding hydrogens is 236 g/mol. The van der Waals surface area contributed by atoms with Gasteiger partial charge in [0.2, 0.25) is 5.91 Å². The van der Waals surface area contributed by atoms with Crippen LogP contribution >= 0.6 is 0 Å². The molecule has 3 nitrogen and oxygen atoms in total. The zero-order valence-corrected chi connectivity index (χ0v) is 12.4. The Morgan fingerprint density at radius 1 is 1.16 bits per heavy atom. The lowest BCUT2D eigenvalue weighted by atomic mass is 9.81. The van der Waals surface area contributed by atoms with Crippen molar-refractivity contribution in [1.82, 2.24) is 5.32 Å². The highest BCUT2D eigenvalue weighted by molar-refractivity contribution is 5.79. The third kappa shape index (κ3) is 4.48. The standard InChI is InChI=1S/C16H30N2O/c1-12-5-4-6-13(11-12)9-10-18-16(19)14-7-2-3-8-15(14)17/h12-15H,2-11,17H2,1H3,(H,18,19). The van der Waals surface area contributed by atoms with Crippen LogP contribution in [-0.4, -0.2) is 18.5 Å². The van der Waals surface area contributed by atoms with E-state index in [1.54, 1.807) is 0 Å². The fourth-order valence-electron chi connectivity index (χ4n) is 3.84. The van der Waals surface area contributed by atoms with E-state index in [0.29, 0.717) is 0 Å². The molecule has 2 saturated carbocycles. The molecule has 2 fully saturated rings. The van der Waals surface area contributed by atoms with Gasteiger partial charge in [0.25, 0.3) is 0 Å². The zero-order chi connectivity index (χ0) is 13.7. The second-order valence-electron chi connectivity index (χ2n) is 6.77. The summed E-state index contributed by atoms with van der Waals surface area (Å²) in [5, 5.41) is 3.13. The van der Waals surface area contributed by atoms with Gasteiger partial charge < -0.3 is 11.1 Å². The minimum Gasteiger partial charge on any atom is -0.356 e. The first-order chi connectivity index (χ1) is 9.16. The van der Waals surface area contributed by atoms with Crippen molar-refractivity contribution in [2.24, 2.45) is 23.5 Å². The van der Waals surface area contributed by atoms with E-state index in [2.05, 4.69) is 12.2 Å². The van der Waals surface area contributed by atoms with E-state index in [4.69, 9.17) is 5.73 Å². The third-order valence-corrected chi connectivity index (χ3v) is 5.05. The van der Waals surface area contributed by atoms with Gasteiger partial charge in [-0.25, -0.2) is 0 Å². The molecule has 4 atom stereocenters. The first kappa shape index (κ1) is 14.8. The first-order valence-corrected chi connectivity index (χ1v) is 8.20. The normalized spacial score (nSPS) is 35.9. The van der Waals surface area contributed by atoms with Crippen LogP contribution in [0.5, 0.6) is 0 Å². The monoisotopic (exact) mass is 266 g/mol. The molecule has 0 aromatic rings. The maximum absolute atomic E-state index is 12.1. The molecule has 4 unspecified atom stereocenters. The lowest BCUT2D eigenvalue weighted by molar-refractivity contribution is -0.126. The smallest absolute Gasteiger partial charge is 0.224 e. The molecule has 0 bridgehead atoms. The third-order valence-electron chi connectivity index (χ3n) is 5.05. The Bertz CT molecular complexity index is 292. The Morgan fingerprint density at radius 2 is 1.95 bits per heavy atom. The highest BCUT2D eigenvalue weighted by Gasteiger charge is 2.28. The molecule has 2 aliphatic rings. The van der Waals surface area contributed by atoms with Gasteiger partial charge in [-0.3, -0.25) is 4.79 Å². The number of amides is 1. The minimum atomic E-state index is 0.0685. The number of rotatable bonds is 4. The molecule has 1 amide bonds. The Labute approximate surface area is 117 Å². The molecule has 110 valence electrons. The highest BCUT2D eigenvalue weighted by Crippen LogP contribution is 2.30. The van der Waals surface area contributed by atoms with Gasteiger partial charge in [0, 0.05) is 12.6 Å². The van der Waals surface area contributed by atoms with Crippen LogP contribution in [0.2, 0.25) is 0 Å². The molecule has 3 N–H and O–H groups in total. The highest BCUT2D eigenvalue weighted by atomic mass is 16.1. The van der Waals surface area contributed by atoms with Crippen molar-refractivity contribution in [3.63, 3.8) is 0 Å². The summed E-state index contributed by atoms with van der Waals surface area (Å²) < 4.78 is 0. The number of carbonyl (C=O) groups excluding carboxylic acids is 1. The van der Waals surface area contributed by atoms with Gasteiger partial charge in [0.15, 0.2) is 0 Å². The van der Waals surface area contributed by atoms with Crippen LogP contribution in [0, 0.1) is 17.8 Å². The van der Waals surface area contributed by atoms with E-state index in [1.807, 2.05) is 0 Å². The number of hydrogen-bond acceptors (Lipinski definition) is 2. The summed E-state index contributed by atoms with van der Waals surface area (Å²) in [5.74, 6) is 1.97. The molecule has 0 aromatic heterocycles. The van der Waals surface area contributed by atoms with E-state index in [0.717, 1.165) is 44.1 Å². The van der Waals surface area contributed by atoms with E-state index < -0.39 is 0 Å². The Balaban J connectivity index is 1.65. The lowest BCUT2D eigenvalue weighted by Crippen LogP contribution is -2.44. The molecule has 0 aromatic carbocycles. The fourth-order valence-corrected chi connectivity index (χ4v) is 3.84. The van der Waals surface area contributed by atoms with Crippen LogP contribution in [0.3, 0.4) is 0 Å². The van der Waals surface area contributed by atoms with Crippen molar-refractivity contribution in [3.05, 3.63) is 0 Å². The van der Waals surface area contributed by atoms with Crippen molar-refractivity contribution >= 4 is 5.91 Å². The Hall–Kier alpha value is -0.570. The number of nitrogens with two attached hydrogens (primary N) is 1. The van der Waals surface area contributed by atoms with Crippen LogP contribution in [0.1, 0.15) is 64.7 Å². The molecule has 0 spiro atoms. The average molecular weight is 266 g/mol. The van der Waals surface area contributed by atoms with Crippen LogP contribution in [-0.2, 0) is 4.79 Å². The first-order valence-electron chi connectivity index (χ1n) is 8.20. The maximum Gasteiger partial charge on any atom is 0.224 e. The number of hydrogen-bond donors (Lipinski definition) is 2. The van der Waals surface area contributed by atoms with Crippen LogP contribution in [0.15, 0.2) is 0 Å². The minimum absolute atomic E-state index is 0.0685. The predicted octanol–water partition coefficient (Wildman–Crippen LogP) is 2.84. The summed E-state index contributed by atoms with van der Waals surface area (Å²) in [7, 11) is 0. The number of nitrogens with one attached hydrogen (secondary N) is 1. The van der Waals surface area contributed by atoms with Crippen molar-refractivity contribution in [1.29, 1.82) is 0 Å². The lowest BCUT2D eigenvalue weighted by Gasteiger charge is -2.29. The van der Waals surface area contributed by atoms with Crippen molar-refractivity contribution in [2.75, 3.05) is 6.54 Å². The van der Waals surface area contributed by atoms with Crippen LogP contribution in [0.4, 0.5) is 0 Å². The number of carbonyl (C=O) groups is 1. The summed E-state index contributed by atoms with van der Waals surface area (Å²) >= 11 is 0. The molecule has 19 heavy (non-hydrogen) atoms. The van der Waals surface area contributed by atoms with E-state index in [1.165, 1.54) is 32.1 Å². The summed E-state index contributed by atoms with van der Waals surface area (Å²) in [5.41, 5.74) is 6.05. The quantitative estimate of drug-likeness (QED) is 0.822. The fraction of sp³-hybridized carbons (Fsp3) is 0.938. The maximum atomic E-state index is 12.1. The van der Waals surface area contributed by atoms with Gasteiger partial charge >= 0.3 is 0 Å². The van der Waals surface area contributed by atoms with E-state index >= 15 is 0 Å². The Morgan fingerprint density at radius 3 is 2.68 bits per heavy atom. The molecule has 2 rings (SSSR count). The predicted molar refractivity (Wildman–Crippen MR) is 78.7 cm³/mol. The molecule has 0 heterocycles. The summed E-state index contributed by atoms with van der Waals surface area (Å²) in [6, 6.07) is 0.0865. The molecular formula is C16H30N2O. The second kappa shape index (κ2) is 7.28. The van der Waals surface area contributed by atoms with Gasteiger partial charge in [-0.05, 0) is 37.5 Å². The van der Waals surface area contributed by atoms with Gasteiger partial charge in [-0.2, -0.15) is 0 Å². The summed E-state index contributed by atoms with van der Waals surface area (Å²) in [4.78, 5) is 12.1.